The van der Waals surface area contributed by atoms with E-state index in [1.807, 2.05) is 0 Å². The average Bonchev–Trinajstić information content (AvgIpc) is 3.09. The number of aromatic nitrogens is 4. The number of aromatic amines is 1. The molecule has 0 bridgehead atoms. The van der Waals surface area contributed by atoms with E-state index in [1.54, 1.807) is 0 Å². The highest BCUT2D eigenvalue weighted by atomic mass is 16.5. The van der Waals surface area contributed by atoms with Crippen LogP contribution in [0.1, 0.15) is 22.7 Å². The molecule has 0 aliphatic carbocycles. The third-order valence-electron chi connectivity index (χ3n) is 3.02. The number of carboxylic acid groups (broad SMARTS) is 1. The molecule has 3 rings (SSSR count). The summed E-state index contributed by atoms with van der Waals surface area (Å²) in [6.07, 6.45) is 2.93. The molecule has 1 unspecified atom stereocenters. The van der Waals surface area contributed by atoms with Crippen LogP contribution in [0.15, 0.2) is 10.9 Å². The molecule has 0 radical (unpaired) electrons. The predicted octanol–water partition coefficient (Wildman–Crippen LogP) is 0.737. The molecule has 2 aromatic heterocycles. The Kier molecular flexibility index (Phi) is 3.00. The fourth-order valence-corrected chi connectivity index (χ4v) is 2.06. The van der Waals surface area contributed by atoms with E-state index in [-0.39, 0.29) is 17.3 Å². The lowest BCUT2D eigenvalue weighted by Crippen LogP contribution is -2.05. The predicted molar refractivity (Wildman–Crippen MR) is 61.5 cm³/mol. The molecule has 0 aromatic carbocycles. The summed E-state index contributed by atoms with van der Waals surface area (Å²) in [4.78, 5) is 21.5. The summed E-state index contributed by atoms with van der Waals surface area (Å²) in [6, 6.07) is 0. The fraction of sp³-hybridized carbons (Fsp3) is 0.455. The van der Waals surface area contributed by atoms with Gasteiger partial charge in [0.15, 0.2) is 11.5 Å². The van der Waals surface area contributed by atoms with Gasteiger partial charge in [0.25, 0.3) is 5.89 Å². The van der Waals surface area contributed by atoms with Crippen LogP contribution in [0.5, 0.6) is 0 Å². The molecular weight excluding hydrogens is 252 g/mol. The lowest BCUT2D eigenvalue weighted by Gasteiger charge is -2.00. The SMILES string of the molecule is O=C(O)c1nc[nH]c1-c1nc(CC2CCOC2)no1. The summed E-state index contributed by atoms with van der Waals surface area (Å²) in [5.41, 5.74) is 0.105. The van der Waals surface area contributed by atoms with Crippen LogP contribution in [0, 0.1) is 5.92 Å². The van der Waals surface area contributed by atoms with Gasteiger partial charge >= 0.3 is 5.97 Å². The number of carboxylic acids is 1. The van der Waals surface area contributed by atoms with Gasteiger partial charge in [-0.15, -0.1) is 0 Å². The van der Waals surface area contributed by atoms with E-state index in [0.717, 1.165) is 13.0 Å². The van der Waals surface area contributed by atoms with E-state index < -0.39 is 5.97 Å². The molecule has 2 aromatic rings. The second-order valence-corrected chi connectivity index (χ2v) is 4.38. The van der Waals surface area contributed by atoms with Crippen molar-refractivity contribution in [3.05, 3.63) is 17.8 Å². The van der Waals surface area contributed by atoms with E-state index >= 15 is 0 Å². The van der Waals surface area contributed by atoms with Crippen LogP contribution in [-0.4, -0.2) is 44.4 Å². The number of carbonyl (C=O) groups is 1. The molecule has 1 saturated heterocycles. The zero-order valence-corrected chi connectivity index (χ0v) is 10.00. The van der Waals surface area contributed by atoms with Gasteiger partial charge in [-0.25, -0.2) is 9.78 Å². The summed E-state index contributed by atoms with van der Waals surface area (Å²) in [7, 11) is 0. The number of hydrogen-bond acceptors (Lipinski definition) is 6. The lowest BCUT2D eigenvalue weighted by molar-refractivity contribution is 0.0691. The third kappa shape index (κ3) is 2.34. The van der Waals surface area contributed by atoms with Crippen molar-refractivity contribution in [1.29, 1.82) is 0 Å². The van der Waals surface area contributed by atoms with Gasteiger partial charge in [0.1, 0.15) is 5.69 Å². The van der Waals surface area contributed by atoms with Crippen LogP contribution < -0.4 is 0 Å². The zero-order valence-electron chi connectivity index (χ0n) is 10.00. The molecular formula is C11H12N4O4. The number of nitrogens with zero attached hydrogens (tertiary/aromatic N) is 3. The van der Waals surface area contributed by atoms with E-state index in [9.17, 15) is 4.79 Å². The molecule has 8 nitrogen and oxygen atoms in total. The van der Waals surface area contributed by atoms with Crippen molar-refractivity contribution in [1.82, 2.24) is 20.1 Å². The maximum absolute atomic E-state index is 11.0. The molecule has 100 valence electrons. The second-order valence-electron chi connectivity index (χ2n) is 4.38. The highest BCUT2D eigenvalue weighted by Crippen LogP contribution is 2.21. The van der Waals surface area contributed by atoms with Crippen LogP contribution in [-0.2, 0) is 11.2 Å². The Labute approximate surface area is 107 Å². The monoisotopic (exact) mass is 264 g/mol. The molecule has 1 aliphatic rings. The van der Waals surface area contributed by atoms with Gasteiger partial charge in [-0.1, -0.05) is 5.16 Å². The molecule has 19 heavy (non-hydrogen) atoms. The summed E-state index contributed by atoms with van der Waals surface area (Å²) < 4.78 is 10.4. The maximum Gasteiger partial charge on any atom is 0.356 e. The van der Waals surface area contributed by atoms with Crippen molar-refractivity contribution >= 4 is 5.97 Å². The Morgan fingerprint density at radius 1 is 1.58 bits per heavy atom. The number of imidazole rings is 1. The Balaban J connectivity index is 1.80. The normalized spacial score (nSPS) is 18.8. The molecule has 1 atom stereocenters. The molecule has 2 N–H and O–H groups in total. The van der Waals surface area contributed by atoms with Crippen LogP contribution in [0.25, 0.3) is 11.6 Å². The van der Waals surface area contributed by atoms with Crippen molar-refractivity contribution < 1.29 is 19.2 Å². The summed E-state index contributed by atoms with van der Waals surface area (Å²) in [5, 5.41) is 12.8. The van der Waals surface area contributed by atoms with Crippen molar-refractivity contribution in [3.63, 3.8) is 0 Å². The third-order valence-corrected chi connectivity index (χ3v) is 3.02. The van der Waals surface area contributed by atoms with Crippen LogP contribution >= 0.6 is 0 Å². The smallest absolute Gasteiger partial charge is 0.356 e. The van der Waals surface area contributed by atoms with E-state index in [0.29, 0.717) is 24.8 Å². The van der Waals surface area contributed by atoms with Crippen LogP contribution in [0.2, 0.25) is 0 Å². The second kappa shape index (κ2) is 4.81. The number of ether oxygens (including phenoxy) is 1. The highest BCUT2D eigenvalue weighted by Gasteiger charge is 2.22. The molecule has 3 heterocycles. The zero-order chi connectivity index (χ0) is 13.2. The van der Waals surface area contributed by atoms with Gasteiger partial charge in [0.05, 0.1) is 6.33 Å². The molecule has 1 aliphatic heterocycles. The van der Waals surface area contributed by atoms with Crippen molar-refractivity contribution in [2.75, 3.05) is 13.2 Å². The standard InChI is InChI=1S/C11H12N4O4/c16-11(17)9-8(12-5-13-9)10-14-7(15-19-10)3-6-1-2-18-4-6/h5-6H,1-4H2,(H,12,13)(H,16,17). The summed E-state index contributed by atoms with van der Waals surface area (Å²) in [6.45, 7) is 1.47. The molecule has 1 fully saturated rings. The van der Waals surface area contributed by atoms with Crippen molar-refractivity contribution in [3.8, 4) is 11.6 Å². The number of hydrogen-bond donors (Lipinski definition) is 2. The Bertz CT molecular complexity index is 585. The molecule has 8 heteroatoms. The largest absolute Gasteiger partial charge is 0.476 e. The molecule has 0 saturated carbocycles. The number of aromatic carboxylic acids is 1. The van der Waals surface area contributed by atoms with Gasteiger partial charge < -0.3 is 19.4 Å². The minimum absolute atomic E-state index is 0.126. The topological polar surface area (TPSA) is 114 Å². The minimum atomic E-state index is -1.14. The Morgan fingerprint density at radius 2 is 2.47 bits per heavy atom. The van der Waals surface area contributed by atoms with E-state index in [4.69, 9.17) is 14.4 Å². The summed E-state index contributed by atoms with van der Waals surface area (Å²) >= 11 is 0. The van der Waals surface area contributed by atoms with Crippen LogP contribution in [0.3, 0.4) is 0 Å². The lowest BCUT2D eigenvalue weighted by atomic mass is 10.1. The quantitative estimate of drug-likeness (QED) is 0.836. The highest BCUT2D eigenvalue weighted by molar-refractivity contribution is 5.91. The molecule has 0 amide bonds. The first-order valence-electron chi connectivity index (χ1n) is 5.91. The van der Waals surface area contributed by atoms with Gasteiger partial charge in [-0.3, -0.25) is 0 Å². The first-order valence-corrected chi connectivity index (χ1v) is 5.91. The van der Waals surface area contributed by atoms with E-state index in [2.05, 4.69) is 20.1 Å². The van der Waals surface area contributed by atoms with Gasteiger partial charge in [-0.2, -0.15) is 4.98 Å². The Hall–Kier alpha value is -2.22. The first kappa shape index (κ1) is 11.8. The number of H-pyrrole nitrogens is 1. The van der Waals surface area contributed by atoms with E-state index in [1.165, 1.54) is 6.33 Å². The van der Waals surface area contributed by atoms with Crippen molar-refractivity contribution in [2.45, 2.75) is 12.8 Å². The average molecular weight is 264 g/mol. The Morgan fingerprint density at radius 3 is 3.21 bits per heavy atom. The fourth-order valence-electron chi connectivity index (χ4n) is 2.06. The maximum atomic E-state index is 11.0. The molecule has 0 spiro atoms. The van der Waals surface area contributed by atoms with Gasteiger partial charge in [-0.05, 0) is 12.3 Å². The summed E-state index contributed by atoms with van der Waals surface area (Å²) in [5.74, 6) is -0.0494. The first-order chi connectivity index (χ1) is 9.24. The number of rotatable bonds is 4. The van der Waals surface area contributed by atoms with Crippen LogP contribution in [0.4, 0.5) is 0 Å². The van der Waals surface area contributed by atoms with Gasteiger partial charge in [0, 0.05) is 19.6 Å². The minimum Gasteiger partial charge on any atom is -0.476 e. The number of nitrogens with one attached hydrogen (secondary N) is 1. The van der Waals surface area contributed by atoms with Crippen molar-refractivity contribution in [2.24, 2.45) is 5.92 Å². The van der Waals surface area contributed by atoms with Gasteiger partial charge in [0.2, 0.25) is 0 Å².